The summed E-state index contributed by atoms with van der Waals surface area (Å²) in [5.74, 6) is 1.23. The Morgan fingerprint density at radius 1 is 1.22 bits per heavy atom. The lowest BCUT2D eigenvalue weighted by Gasteiger charge is -2.31. The average Bonchev–Trinajstić information content (AvgIpc) is 2.54. The number of carbonyl (C=O) groups is 2. The smallest absolute Gasteiger partial charge is 0.256 e. The van der Waals surface area contributed by atoms with E-state index in [1.807, 2.05) is 13.8 Å². The molecule has 23 heavy (non-hydrogen) atoms. The van der Waals surface area contributed by atoms with Gasteiger partial charge < -0.3 is 10.6 Å². The van der Waals surface area contributed by atoms with Crippen LogP contribution in [0.5, 0.6) is 0 Å². The highest BCUT2D eigenvalue weighted by Crippen LogP contribution is 2.31. The number of nitrogen functional groups attached to an aromatic ring is 1. The number of nitrogens with zero attached hydrogens (tertiary/aromatic N) is 3. The Morgan fingerprint density at radius 3 is 2.30 bits per heavy atom. The van der Waals surface area contributed by atoms with Crippen molar-refractivity contribution in [1.29, 1.82) is 0 Å². The van der Waals surface area contributed by atoms with Crippen LogP contribution in [0.4, 0.5) is 5.95 Å². The molecule has 2 rings (SSSR count). The SMILES string of the molecule is CC(C)C(=O)C1CCC(CN(C)C(=O)c2cnc(N)nc2)CC1. The fourth-order valence-corrected chi connectivity index (χ4v) is 3.24. The van der Waals surface area contributed by atoms with Crippen molar-refractivity contribution in [1.82, 2.24) is 14.9 Å². The topological polar surface area (TPSA) is 89.2 Å². The third-order valence-corrected chi connectivity index (χ3v) is 4.62. The second kappa shape index (κ2) is 7.53. The van der Waals surface area contributed by atoms with Gasteiger partial charge in [-0.15, -0.1) is 0 Å². The van der Waals surface area contributed by atoms with E-state index in [4.69, 9.17) is 5.73 Å². The van der Waals surface area contributed by atoms with Crippen LogP contribution in [0, 0.1) is 17.8 Å². The van der Waals surface area contributed by atoms with E-state index in [1.54, 1.807) is 11.9 Å². The van der Waals surface area contributed by atoms with E-state index < -0.39 is 0 Å². The third kappa shape index (κ3) is 4.50. The van der Waals surface area contributed by atoms with Gasteiger partial charge in [-0.2, -0.15) is 0 Å². The van der Waals surface area contributed by atoms with Crippen LogP contribution < -0.4 is 5.73 Å². The van der Waals surface area contributed by atoms with Crippen molar-refractivity contribution in [3.8, 4) is 0 Å². The summed E-state index contributed by atoms with van der Waals surface area (Å²) in [5, 5.41) is 0. The Labute approximate surface area is 137 Å². The lowest BCUT2D eigenvalue weighted by Crippen LogP contribution is -2.34. The van der Waals surface area contributed by atoms with E-state index in [2.05, 4.69) is 9.97 Å². The summed E-state index contributed by atoms with van der Waals surface area (Å²) in [6.45, 7) is 4.64. The Hall–Kier alpha value is -1.98. The minimum atomic E-state index is -0.0922. The van der Waals surface area contributed by atoms with Crippen molar-refractivity contribution >= 4 is 17.6 Å². The molecule has 0 saturated heterocycles. The second-order valence-corrected chi connectivity index (χ2v) is 6.79. The number of rotatable bonds is 5. The van der Waals surface area contributed by atoms with Crippen LogP contribution in [-0.4, -0.2) is 40.2 Å². The Balaban J connectivity index is 1.85. The maximum absolute atomic E-state index is 12.3. The molecule has 0 aliphatic heterocycles. The molecule has 6 nitrogen and oxygen atoms in total. The van der Waals surface area contributed by atoms with Crippen molar-refractivity contribution in [3.63, 3.8) is 0 Å². The molecule has 1 aromatic rings. The Kier molecular flexibility index (Phi) is 5.69. The van der Waals surface area contributed by atoms with E-state index in [-0.39, 0.29) is 23.7 Å². The molecule has 0 bridgehead atoms. The first-order valence-corrected chi connectivity index (χ1v) is 8.25. The summed E-state index contributed by atoms with van der Waals surface area (Å²) in [6, 6.07) is 0. The van der Waals surface area contributed by atoms with Gasteiger partial charge in [0.15, 0.2) is 0 Å². The molecule has 0 spiro atoms. The van der Waals surface area contributed by atoms with Crippen LogP contribution >= 0.6 is 0 Å². The predicted octanol–water partition coefficient (Wildman–Crippen LogP) is 2.16. The number of Topliss-reactive ketones (excluding diaryl/α,β-unsaturated/α-hetero) is 1. The highest BCUT2D eigenvalue weighted by atomic mass is 16.2. The van der Waals surface area contributed by atoms with Crippen LogP contribution in [0.15, 0.2) is 12.4 Å². The lowest BCUT2D eigenvalue weighted by molar-refractivity contribution is -0.127. The summed E-state index contributed by atoms with van der Waals surface area (Å²) in [4.78, 5) is 33.8. The lowest BCUT2D eigenvalue weighted by atomic mass is 9.77. The van der Waals surface area contributed by atoms with Crippen molar-refractivity contribution in [3.05, 3.63) is 18.0 Å². The molecular formula is C17H26N4O2. The summed E-state index contributed by atoms with van der Waals surface area (Å²) in [6.07, 6.45) is 6.79. The van der Waals surface area contributed by atoms with E-state index in [0.29, 0.717) is 23.8 Å². The minimum Gasteiger partial charge on any atom is -0.368 e. The summed E-state index contributed by atoms with van der Waals surface area (Å²) >= 11 is 0. The highest BCUT2D eigenvalue weighted by Gasteiger charge is 2.28. The van der Waals surface area contributed by atoms with E-state index >= 15 is 0 Å². The maximum Gasteiger partial charge on any atom is 0.256 e. The van der Waals surface area contributed by atoms with Crippen molar-refractivity contribution in [2.24, 2.45) is 17.8 Å². The van der Waals surface area contributed by atoms with Crippen LogP contribution in [0.25, 0.3) is 0 Å². The zero-order chi connectivity index (χ0) is 17.0. The van der Waals surface area contributed by atoms with Gasteiger partial charge in [0.25, 0.3) is 5.91 Å². The first-order valence-electron chi connectivity index (χ1n) is 8.25. The standard InChI is InChI=1S/C17H26N4O2/c1-11(2)15(22)13-6-4-12(5-7-13)10-21(3)16(23)14-8-19-17(18)20-9-14/h8-9,11-13H,4-7,10H2,1-3H3,(H2,18,19,20). The molecule has 1 aliphatic rings. The fourth-order valence-electron chi connectivity index (χ4n) is 3.24. The molecule has 2 N–H and O–H groups in total. The van der Waals surface area contributed by atoms with Gasteiger partial charge in [0.05, 0.1) is 5.56 Å². The van der Waals surface area contributed by atoms with Crippen molar-refractivity contribution in [2.45, 2.75) is 39.5 Å². The van der Waals surface area contributed by atoms with Crippen LogP contribution in [-0.2, 0) is 4.79 Å². The van der Waals surface area contributed by atoms with Gasteiger partial charge in [-0.05, 0) is 31.6 Å². The van der Waals surface area contributed by atoms with E-state index in [0.717, 1.165) is 25.7 Å². The quantitative estimate of drug-likeness (QED) is 0.898. The third-order valence-electron chi connectivity index (χ3n) is 4.62. The number of carbonyl (C=O) groups excluding carboxylic acids is 2. The molecule has 1 aliphatic carbocycles. The van der Waals surface area contributed by atoms with Crippen molar-refractivity contribution < 1.29 is 9.59 Å². The Bertz CT molecular complexity index is 548. The van der Waals surface area contributed by atoms with Gasteiger partial charge in [0, 0.05) is 37.8 Å². The molecule has 1 aromatic heterocycles. The minimum absolute atomic E-state index is 0.0922. The van der Waals surface area contributed by atoms with Crippen LogP contribution in [0.2, 0.25) is 0 Å². The maximum atomic E-state index is 12.3. The van der Waals surface area contributed by atoms with Gasteiger partial charge in [-0.1, -0.05) is 13.8 Å². The number of amides is 1. The monoisotopic (exact) mass is 318 g/mol. The Morgan fingerprint density at radius 2 is 1.78 bits per heavy atom. The molecule has 0 unspecified atom stereocenters. The first kappa shape index (κ1) is 17.4. The van der Waals surface area contributed by atoms with Gasteiger partial charge in [-0.3, -0.25) is 9.59 Å². The summed E-state index contributed by atoms with van der Waals surface area (Å²) < 4.78 is 0. The normalized spacial score (nSPS) is 21.2. The number of anilines is 1. The van der Waals surface area contributed by atoms with Gasteiger partial charge in [0.2, 0.25) is 5.95 Å². The van der Waals surface area contributed by atoms with Gasteiger partial charge in [-0.25, -0.2) is 9.97 Å². The zero-order valence-corrected chi connectivity index (χ0v) is 14.2. The van der Waals surface area contributed by atoms with Crippen LogP contribution in [0.1, 0.15) is 49.9 Å². The molecule has 0 radical (unpaired) electrons. The zero-order valence-electron chi connectivity index (χ0n) is 14.2. The van der Waals surface area contributed by atoms with Gasteiger partial charge >= 0.3 is 0 Å². The van der Waals surface area contributed by atoms with E-state index in [9.17, 15) is 9.59 Å². The average molecular weight is 318 g/mol. The second-order valence-electron chi connectivity index (χ2n) is 6.79. The van der Waals surface area contributed by atoms with E-state index in [1.165, 1.54) is 12.4 Å². The number of nitrogens with two attached hydrogens (primary N) is 1. The molecular weight excluding hydrogens is 292 g/mol. The number of hydrogen-bond acceptors (Lipinski definition) is 5. The van der Waals surface area contributed by atoms with Crippen molar-refractivity contribution in [2.75, 3.05) is 19.3 Å². The molecule has 0 aromatic carbocycles. The number of ketones is 1. The highest BCUT2D eigenvalue weighted by molar-refractivity contribution is 5.93. The number of aromatic nitrogens is 2. The predicted molar refractivity (Wildman–Crippen MR) is 88.7 cm³/mol. The molecule has 126 valence electrons. The molecule has 1 heterocycles. The van der Waals surface area contributed by atoms with Crippen LogP contribution in [0.3, 0.4) is 0 Å². The molecule has 1 amide bonds. The summed E-state index contributed by atoms with van der Waals surface area (Å²) in [5.41, 5.74) is 5.89. The fraction of sp³-hybridized carbons (Fsp3) is 0.647. The largest absolute Gasteiger partial charge is 0.368 e. The number of hydrogen-bond donors (Lipinski definition) is 1. The summed E-state index contributed by atoms with van der Waals surface area (Å²) in [7, 11) is 1.80. The molecule has 1 fully saturated rings. The molecule has 0 atom stereocenters. The van der Waals surface area contributed by atoms with Gasteiger partial charge in [0.1, 0.15) is 5.78 Å². The molecule has 6 heteroatoms. The first-order chi connectivity index (χ1) is 10.9. The molecule has 1 saturated carbocycles.